The Bertz CT molecular complexity index is 3440. The summed E-state index contributed by atoms with van der Waals surface area (Å²) in [7, 11) is 0. The molecule has 0 unspecified atom stereocenters. The first kappa shape index (κ1) is 68.5. The summed E-state index contributed by atoms with van der Waals surface area (Å²) in [5.74, 6) is 0.200. The van der Waals surface area contributed by atoms with Crippen LogP contribution in [0.5, 0.6) is 74.7 Å². The molecule has 18 heteroatoms. The molecule has 0 atom stereocenters. The molecule has 0 fully saturated rings. The molecule has 0 radical (unpaired) electrons. The van der Waals surface area contributed by atoms with E-state index >= 15 is 0 Å². The van der Waals surface area contributed by atoms with Gasteiger partial charge in [0.15, 0.2) is 23.1 Å². The van der Waals surface area contributed by atoms with E-state index < -0.39 is 17.3 Å². The molecule has 0 aliphatic heterocycles. The molecule has 8 rings (SSSR count). The van der Waals surface area contributed by atoms with Crippen LogP contribution in [0.3, 0.4) is 0 Å². The lowest BCUT2D eigenvalue weighted by Crippen LogP contribution is -2.07. The van der Waals surface area contributed by atoms with Gasteiger partial charge in [-0.15, -0.1) is 0 Å². The summed E-state index contributed by atoms with van der Waals surface area (Å²) in [6.07, 6.45) is 6.88. The molecule has 18 nitrogen and oxygen atoms in total. The maximum absolute atomic E-state index is 12.6. The molecule has 8 aromatic rings. The van der Waals surface area contributed by atoms with Crippen molar-refractivity contribution in [3.63, 3.8) is 0 Å². The van der Waals surface area contributed by atoms with Crippen molar-refractivity contribution >= 4 is 23.1 Å². The number of carbonyl (C=O) groups excluding carboxylic acids is 4. The second kappa shape index (κ2) is 34.1. The highest BCUT2D eigenvalue weighted by atomic mass is 16.5. The summed E-state index contributed by atoms with van der Waals surface area (Å²) >= 11 is 0. The van der Waals surface area contributed by atoms with E-state index in [1.807, 2.05) is 48.5 Å². The SMILES string of the molecule is CC(C)Oc1ccc(C(=O)c2ccc(OC(C)C)cc2O)c(O)c1.CCCCOc1ccc(C(=O)c2ccc(OCCCC)cc2O)c(O)c1.CCOc1ccc(C(=O)c2ccc(OCC)cc2O)c(O)c1.Cc1ccc(C(=O)c2cccnc2)c(O)c1. The third kappa shape index (κ3) is 20.2. The smallest absolute Gasteiger partial charge is 0.200 e. The highest BCUT2D eigenvalue weighted by molar-refractivity contribution is 6.14. The summed E-state index contributed by atoms with van der Waals surface area (Å²) in [6, 6.07) is 35.3. The van der Waals surface area contributed by atoms with Crippen LogP contribution in [0, 0.1) is 6.92 Å². The van der Waals surface area contributed by atoms with E-state index in [2.05, 4.69) is 18.8 Å². The van der Waals surface area contributed by atoms with Crippen LogP contribution in [0.25, 0.3) is 0 Å². The number of rotatable bonds is 24. The van der Waals surface area contributed by atoms with Crippen LogP contribution in [-0.2, 0) is 0 Å². The van der Waals surface area contributed by atoms with E-state index in [9.17, 15) is 54.9 Å². The Labute approximate surface area is 512 Å². The van der Waals surface area contributed by atoms with Crippen LogP contribution >= 0.6 is 0 Å². The van der Waals surface area contributed by atoms with Gasteiger partial charge in [0, 0.05) is 54.4 Å². The molecule has 0 bridgehead atoms. The van der Waals surface area contributed by atoms with Gasteiger partial charge in [-0.3, -0.25) is 24.2 Å². The number of ether oxygens (including phenoxy) is 6. The van der Waals surface area contributed by atoms with E-state index in [-0.39, 0.29) is 91.6 Å². The molecule has 0 spiro atoms. The number of hydrogen-bond donors (Lipinski definition) is 7. The monoisotopic (exact) mass is 1200 g/mol. The second-order valence-corrected chi connectivity index (χ2v) is 20.3. The van der Waals surface area contributed by atoms with Crippen molar-refractivity contribution in [3.8, 4) is 74.7 Å². The Kier molecular flexibility index (Phi) is 26.5. The average molecular weight is 1200 g/mol. The Balaban J connectivity index is 0.000000216. The summed E-state index contributed by atoms with van der Waals surface area (Å²) in [4.78, 5) is 53.5. The van der Waals surface area contributed by atoms with E-state index in [4.69, 9.17) is 28.4 Å². The van der Waals surface area contributed by atoms with E-state index in [0.717, 1.165) is 31.2 Å². The largest absolute Gasteiger partial charge is 0.507 e. The van der Waals surface area contributed by atoms with Crippen molar-refractivity contribution in [2.24, 2.45) is 0 Å². The highest BCUT2D eigenvalue weighted by Gasteiger charge is 2.22. The van der Waals surface area contributed by atoms with Gasteiger partial charge in [-0.1, -0.05) is 32.8 Å². The quantitative estimate of drug-likeness (QED) is 0.0219. The number of aryl methyl sites for hydroxylation is 1. The Hall–Kier alpha value is -10.2. The fraction of sp³-hybridized carbons (Fsp3) is 0.271. The van der Waals surface area contributed by atoms with Crippen LogP contribution in [0.15, 0.2) is 152 Å². The standard InChI is InChI=1S/C21H26O5.C19H22O5.C17H18O5.C13H11NO2/c1-3-5-11-25-15-7-9-17(19(22)13-15)21(24)18-10-8-16(14-20(18)23)26-12-6-4-2;1-11(2)23-13-5-7-15(17(20)9-13)19(22)16-8-6-14(10-18(16)21)24-12(3)4;1-3-21-11-5-7-13(15(18)9-11)17(20)14-8-6-12(22-4-2)10-16(14)19;1-9-4-5-11(12(15)7-9)13(16)10-3-2-6-14-8-10/h7-10,13-14,22-23H,3-6,11-12H2,1-2H3;5-12,20-21H,1-4H3;5-10,18-19H,3-4H2,1-2H3;2-8,15H,1H3. The fourth-order valence-corrected chi connectivity index (χ4v) is 8.19. The molecule has 0 saturated carbocycles. The van der Waals surface area contributed by atoms with E-state index in [1.165, 1.54) is 79.0 Å². The number of aromatic nitrogens is 1. The number of hydrogen-bond acceptors (Lipinski definition) is 18. The minimum absolute atomic E-state index is 0.00820. The van der Waals surface area contributed by atoms with E-state index in [1.54, 1.807) is 72.9 Å². The molecular formula is C70H77NO17. The third-order valence-electron chi connectivity index (χ3n) is 12.5. The highest BCUT2D eigenvalue weighted by Crippen LogP contribution is 2.35. The van der Waals surface area contributed by atoms with E-state index in [0.29, 0.717) is 72.1 Å². The number of nitrogens with zero attached hydrogens (tertiary/aromatic N) is 1. The van der Waals surface area contributed by atoms with Gasteiger partial charge in [-0.05, 0) is 164 Å². The Morgan fingerprint density at radius 3 is 0.966 bits per heavy atom. The predicted molar refractivity (Wildman–Crippen MR) is 334 cm³/mol. The minimum Gasteiger partial charge on any atom is -0.507 e. The number of ketones is 4. The lowest BCUT2D eigenvalue weighted by Gasteiger charge is -2.13. The third-order valence-corrected chi connectivity index (χ3v) is 12.5. The fourth-order valence-electron chi connectivity index (χ4n) is 8.19. The van der Waals surface area contributed by atoms with Crippen LogP contribution in [-0.4, -0.2) is 102 Å². The van der Waals surface area contributed by atoms with Crippen LogP contribution in [0.4, 0.5) is 0 Å². The zero-order valence-electron chi connectivity index (χ0n) is 50.9. The van der Waals surface area contributed by atoms with Crippen molar-refractivity contribution < 1.29 is 83.3 Å². The van der Waals surface area contributed by atoms with Gasteiger partial charge in [0.05, 0.1) is 77.6 Å². The van der Waals surface area contributed by atoms with Gasteiger partial charge < -0.3 is 64.2 Å². The van der Waals surface area contributed by atoms with Gasteiger partial charge >= 0.3 is 0 Å². The summed E-state index contributed by atoms with van der Waals surface area (Å²) in [6.45, 7) is 19.2. The van der Waals surface area contributed by atoms with Crippen molar-refractivity contribution in [1.29, 1.82) is 0 Å². The zero-order chi connectivity index (χ0) is 64.5. The Morgan fingerprint density at radius 2 is 0.682 bits per heavy atom. The van der Waals surface area contributed by atoms with Crippen molar-refractivity contribution in [2.45, 2.75) is 100 Å². The summed E-state index contributed by atoms with van der Waals surface area (Å²) in [5.41, 5.74) is 2.31. The van der Waals surface area contributed by atoms with Gasteiger partial charge in [-0.25, -0.2) is 0 Å². The maximum atomic E-state index is 12.6. The number of unbranched alkanes of at least 4 members (excludes halogenated alkanes) is 2. The topological polar surface area (TPSA) is 278 Å². The minimum atomic E-state index is -0.475. The molecule has 7 N–H and O–H groups in total. The van der Waals surface area contributed by atoms with Gasteiger partial charge in [0.1, 0.15) is 74.7 Å². The van der Waals surface area contributed by atoms with Crippen LogP contribution in [0.2, 0.25) is 0 Å². The number of phenolic OH excluding ortho intramolecular Hbond substituents is 7. The van der Waals surface area contributed by atoms with Gasteiger partial charge in [0.2, 0.25) is 0 Å². The predicted octanol–water partition coefficient (Wildman–Crippen LogP) is 14.0. The molecule has 0 aliphatic carbocycles. The number of carbonyl (C=O) groups is 4. The molecule has 0 saturated heterocycles. The molecule has 0 amide bonds. The second-order valence-electron chi connectivity index (χ2n) is 20.3. The molecule has 1 aromatic heterocycles. The van der Waals surface area contributed by atoms with Gasteiger partial charge in [-0.2, -0.15) is 0 Å². The summed E-state index contributed by atoms with van der Waals surface area (Å²) < 4.78 is 32.5. The van der Waals surface area contributed by atoms with Crippen molar-refractivity contribution in [2.75, 3.05) is 26.4 Å². The number of aromatic hydroxyl groups is 7. The molecule has 0 aliphatic rings. The van der Waals surface area contributed by atoms with Crippen molar-refractivity contribution in [1.82, 2.24) is 4.98 Å². The van der Waals surface area contributed by atoms with Crippen molar-refractivity contribution in [3.05, 3.63) is 202 Å². The first-order chi connectivity index (χ1) is 42.1. The number of phenols is 7. The average Bonchev–Trinajstić information content (AvgIpc) is 3.40. The number of pyridine rings is 1. The zero-order valence-corrected chi connectivity index (χ0v) is 50.9. The molecule has 464 valence electrons. The lowest BCUT2D eigenvalue weighted by molar-refractivity contribution is 0.102. The molecule has 7 aromatic carbocycles. The Morgan fingerprint density at radius 1 is 0.386 bits per heavy atom. The van der Waals surface area contributed by atoms with Gasteiger partial charge in [0.25, 0.3) is 0 Å². The normalized spacial score (nSPS) is 10.5. The van der Waals surface area contributed by atoms with Crippen LogP contribution < -0.4 is 28.4 Å². The first-order valence-corrected chi connectivity index (χ1v) is 28.8. The summed E-state index contributed by atoms with van der Waals surface area (Å²) in [5, 5.41) is 70.1. The number of benzene rings is 7. The molecule has 88 heavy (non-hydrogen) atoms. The molecular weight excluding hydrogens is 1130 g/mol. The maximum Gasteiger partial charge on any atom is 0.200 e. The lowest BCUT2D eigenvalue weighted by atomic mass is 10.0. The van der Waals surface area contributed by atoms with Crippen LogP contribution in [0.1, 0.15) is 150 Å². The molecule has 1 heterocycles. The first-order valence-electron chi connectivity index (χ1n) is 28.8.